The number of terminal acetylenes is 1. The number of aromatic nitrogens is 4. The number of aryl methyl sites for hydroxylation is 1. The lowest BCUT2D eigenvalue weighted by molar-refractivity contribution is 0.0526. The number of fused-ring (bicyclic) bond motifs is 2. The van der Waals surface area contributed by atoms with Crippen LogP contribution in [0.2, 0.25) is 0 Å². The molecule has 7 nitrogen and oxygen atoms in total. The van der Waals surface area contributed by atoms with E-state index in [2.05, 4.69) is 44.0 Å². The molecule has 0 N–H and O–H groups in total. The van der Waals surface area contributed by atoms with Gasteiger partial charge in [0.15, 0.2) is 11.6 Å². The number of esters is 1. The third-order valence-electron chi connectivity index (χ3n) is 6.44. The number of rotatable bonds is 7. The van der Waals surface area contributed by atoms with Crippen molar-refractivity contribution in [1.29, 1.82) is 0 Å². The molecule has 0 saturated heterocycles. The predicted molar refractivity (Wildman–Crippen MR) is 149 cm³/mol. The van der Waals surface area contributed by atoms with Gasteiger partial charge in [-0.25, -0.2) is 19.7 Å². The number of hydrogen-bond acceptors (Lipinski definition) is 6. The molecule has 0 aliphatic carbocycles. The van der Waals surface area contributed by atoms with E-state index in [4.69, 9.17) is 30.8 Å². The Bertz CT molecular complexity index is 1700. The van der Waals surface area contributed by atoms with Crippen LogP contribution in [-0.2, 0) is 11.8 Å². The standard InChI is InChI=1S/C31H28N4O3/c1-6-17-38-26-10-8-9-23-27(21-13-11-20(12-14-21)19(3)4)33-29(34-28(23)26)30-32-24-16-15-22(31(36)37-7-2)18-25(24)35(30)5/h1,8-16,18-19H,7,17H2,2-5H3. The summed E-state index contributed by atoms with van der Waals surface area (Å²) in [4.78, 5) is 27.0. The predicted octanol–water partition coefficient (Wildman–Crippen LogP) is 6.16. The summed E-state index contributed by atoms with van der Waals surface area (Å²) in [6.45, 7) is 6.55. The van der Waals surface area contributed by atoms with Gasteiger partial charge in [0, 0.05) is 18.0 Å². The lowest BCUT2D eigenvalue weighted by Crippen LogP contribution is -2.05. The quantitative estimate of drug-likeness (QED) is 0.195. The van der Waals surface area contributed by atoms with Gasteiger partial charge in [-0.15, -0.1) is 6.42 Å². The van der Waals surface area contributed by atoms with Crippen LogP contribution in [0.25, 0.3) is 44.8 Å². The Labute approximate surface area is 221 Å². The van der Waals surface area contributed by atoms with Gasteiger partial charge in [-0.2, -0.15) is 0 Å². The molecule has 3 aromatic carbocycles. The normalized spacial score (nSPS) is 11.2. The largest absolute Gasteiger partial charge is 0.479 e. The van der Waals surface area contributed by atoms with Crippen LogP contribution in [0.1, 0.15) is 42.6 Å². The summed E-state index contributed by atoms with van der Waals surface area (Å²) in [5, 5.41) is 0.851. The molecule has 0 fully saturated rings. The fourth-order valence-electron chi connectivity index (χ4n) is 4.44. The molecule has 0 amide bonds. The molecule has 0 spiro atoms. The number of nitrogens with zero attached hydrogens (tertiary/aromatic N) is 4. The third-order valence-corrected chi connectivity index (χ3v) is 6.44. The monoisotopic (exact) mass is 504 g/mol. The summed E-state index contributed by atoms with van der Waals surface area (Å²) in [5.41, 5.74) is 5.58. The Morgan fingerprint density at radius 1 is 1.05 bits per heavy atom. The van der Waals surface area contributed by atoms with Crippen LogP contribution < -0.4 is 4.74 Å². The summed E-state index contributed by atoms with van der Waals surface area (Å²) >= 11 is 0. The molecule has 38 heavy (non-hydrogen) atoms. The molecule has 2 heterocycles. The topological polar surface area (TPSA) is 79.1 Å². The zero-order valence-electron chi connectivity index (χ0n) is 21.9. The zero-order chi connectivity index (χ0) is 26.8. The first-order valence-electron chi connectivity index (χ1n) is 12.5. The molecule has 5 rings (SSSR count). The van der Waals surface area contributed by atoms with Crippen molar-refractivity contribution in [2.45, 2.75) is 26.7 Å². The highest BCUT2D eigenvalue weighted by molar-refractivity contribution is 5.97. The molecule has 0 atom stereocenters. The van der Waals surface area contributed by atoms with Gasteiger partial charge in [0.1, 0.15) is 17.9 Å². The fraction of sp³-hybridized carbons (Fsp3) is 0.226. The van der Waals surface area contributed by atoms with Crippen LogP contribution in [0.15, 0.2) is 60.7 Å². The minimum absolute atomic E-state index is 0.125. The maximum Gasteiger partial charge on any atom is 0.338 e. The lowest BCUT2D eigenvalue weighted by Gasteiger charge is -2.13. The molecule has 0 aliphatic heterocycles. The van der Waals surface area contributed by atoms with Gasteiger partial charge in [-0.3, -0.25) is 0 Å². The van der Waals surface area contributed by atoms with E-state index in [-0.39, 0.29) is 12.6 Å². The Balaban J connectivity index is 1.72. The van der Waals surface area contributed by atoms with Crippen molar-refractivity contribution in [3.63, 3.8) is 0 Å². The van der Waals surface area contributed by atoms with Crippen LogP contribution in [0.3, 0.4) is 0 Å². The van der Waals surface area contributed by atoms with Gasteiger partial charge in [0.2, 0.25) is 0 Å². The number of carbonyl (C=O) groups excluding carboxylic acids is 1. The number of benzene rings is 3. The summed E-state index contributed by atoms with van der Waals surface area (Å²) in [6, 6.07) is 19.4. The first kappa shape index (κ1) is 25.0. The molecule has 0 radical (unpaired) electrons. The van der Waals surface area contributed by atoms with Crippen LogP contribution in [-0.4, -0.2) is 38.7 Å². The van der Waals surface area contributed by atoms with E-state index in [1.807, 2.05) is 29.8 Å². The van der Waals surface area contributed by atoms with Gasteiger partial charge in [-0.05, 0) is 42.7 Å². The smallest absolute Gasteiger partial charge is 0.338 e. The average Bonchev–Trinajstić information content (AvgIpc) is 3.27. The Kier molecular flexibility index (Phi) is 6.80. The van der Waals surface area contributed by atoms with Crippen molar-refractivity contribution in [3.05, 3.63) is 71.8 Å². The fourth-order valence-corrected chi connectivity index (χ4v) is 4.44. The van der Waals surface area contributed by atoms with Crippen LogP contribution in [0.4, 0.5) is 0 Å². The van der Waals surface area contributed by atoms with Crippen molar-refractivity contribution in [2.24, 2.45) is 7.05 Å². The first-order valence-corrected chi connectivity index (χ1v) is 12.5. The van der Waals surface area contributed by atoms with Gasteiger partial charge in [-0.1, -0.05) is 56.2 Å². The minimum atomic E-state index is -0.374. The van der Waals surface area contributed by atoms with Gasteiger partial charge >= 0.3 is 5.97 Å². The SMILES string of the molecule is C#CCOc1cccc2c(-c3ccc(C(C)C)cc3)nc(-c3nc4ccc(C(=O)OCC)cc4n3C)nc12. The van der Waals surface area contributed by atoms with E-state index in [0.29, 0.717) is 41.0 Å². The summed E-state index contributed by atoms with van der Waals surface area (Å²) in [5.74, 6) is 4.15. The first-order chi connectivity index (χ1) is 18.4. The highest BCUT2D eigenvalue weighted by atomic mass is 16.5. The highest BCUT2D eigenvalue weighted by Gasteiger charge is 2.20. The van der Waals surface area contributed by atoms with E-state index in [1.165, 1.54) is 5.56 Å². The van der Waals surface area contributed by atoms with Crippen LogP contribution in [0.5, 0.6) is 5.75 Å². The molecule has 0 aliphatic rings. The molecular weight excluding hydrogens is 476 g/mol. The molecule has 7 heteroatoms. The molecule has 0 saturated carbocycles. The third kappa shape index (κ3) is 4.57. The summed E-state index contributed by atoms with van der Waals surface area (Å²) < 4.78 is 12.9. The lowest BCUT2D eigenvalue weighted by atomic mass is 9.99. The van der Waals surface area contributed by atoms with E-state index in [1.54, 1.807) is 25.1 Å². The van der Waals surface area contributed by atoms with Gasteiger partial charge in [0.25, 0.3) is 0 Å². The van der Waals surface area contributed by atoms with Crippen molar-refractivity contribution in [2.75, 3.05) is 13.2 Å². The number of imidazole rings is 1. The Morgan fingerprint density at radius 2 is 1.84 bits per heavy atom. The van der Waals surface area contributed by atoms with Crippen LogP contribution >= 0.6 is 0 Å². The number of ether oxygens (including phenoxy) is 2. The van der Waals surface area contributed by atoms with E-state index < -0.39 is 0 Å². The second-order valence-electron chi connectivity index (χ2n) is 9.24. The van der Waals surface area contributed by atoms with E-state index in [0.717, 1.165) is 27.7 Å². The molecular formula is C31H28N4O3. The molecule has 2 aromatic heterocycles. The van der Waals surface area contributed by atoms with Gasteiger partial charge in [0.05, 0.1) is 28.9 Å². The molecule has 5 aromatic rings. The average molecular weight is 505 g/mol. The van der Waals surface area contributed by atoms with Crippen molar-refractivity contribution >= 4 is 27.9 Å². The second kappa shape index (κ2) is 10.3. The summed E-state index contributed by atoms with van der Waals surface area (Å²) in [6.07, 6.45) is 5.46. The van der Waals surface area contributed by atoms with E-state index in [9.17, 15) is 4.79 Å². The maximum absolute atomic E-state index is 12.3. The van der Waals surface area contributed by atoms with E-state index >= 15 is 0 Å². The number of hydrogen-bond donors (Lipinski definition) is 0. The number of para-hydroxylation sites is 1. The van der Waals surface area contributed by atoms with Gasteiger partial charge < -0.3 is 14.0 Å². The molecule has 0 bridgehead atoms. The second-order valence-corrected chi connectivity index (χ2v) is 9.24. The Morgan fingerprint density at radius 3 is 2.55 bits per heavy atom. The molecule has 0 unspecified atom stereocenters. The minimum Gasteiger partial charge on any atom is -0.479 e. The van der Waals surface area contributed by atoms with Crippen molar-refractivity contribution in [1.82, 2.24) is 19.5 Å². The summed E-state index contributed by atoms with van der Waals surface area (Å²) in [7, 11) is 1.88. The zero-order valence-corrected chi connectivity index (χ0v) is 21.9. The highest BCUT2D eigenvalue weighted by Crippen LogP contribution is 2.34. The maximum atomic E-state index is 12.3. The van der Waals surface area contributed by atoms with Crippen LogP contribution in [0, 0.1) is 12.3 Å². The van der Waals surface area contributed by atoms with Crippen molar-refractivity contribution in [3.8, 4) is 41.0 Å². The Hall–Kier alpha value is -4.70. The van der Waals surface area contributed by atoms with Crippen molar-refractivity contribution < 1.29 is 14.3 Å². The number of carbonyl (C=O) groups is 1. The molecule has 190 valence electrons.